The second-order valence-electron chi connectivity index (χ2n) is 1.98. The molecule has 1 rings (SSSR count). The van der Waals surface area contributed by atoms with E-state index in [1.165, 1.54) is 18.4 Å². The number of allylic oxidation sites excluding steroid dienone is 4. The molecule has 0 aliphatic heterocycles. The molecule has 0 aromatic rings. The van der Waals surface area contributed by atoms with Crippen molar-refractivity contribution in [2.75, 3.05) is 0 Å². The van der Waals surface area contributed by atoms with E-state index >= 15 is 0 Å². The van der Waals surface area contributed by atoms with Gasteiger partial charge in [0.25, 0.3) is 0 Å². The second kappa shape index (κ2) is 7.12. The van der Waals surface area contributed by atoms with Gasteiger partial charge < -0.3 is 1.43 Å². The first-order valence-electron chi connectivity index (χ1n) is 2.72. The molecule has 2 heteroatoms. The molecule has 0 amide bonds. The van der Waals surface area contributed by atoms with Gasteiger partial charge in [-0.3, -0.25) is 0 Å². The third kappa shape index (κ3) is 5.46. The Labute approximate surface area is 91.3 Å². The van der Waals surface area contributed by atoms with Gasteiger partial charge in [0.1, 0.15) is 0 Å². The summed E-state index contributed by atoms with van der Waals surface area (Å²) in [5.41, 5.74) is 1.50. The molecule has 0 heterocycles. The van der Waals surface area contributed by atoms with E-state index in [4.69, 9.17) is 0 Å². The molecule has 0 nitrogen and oxygen atoms in total. The number of rotatable bonds is 0. The van der Waals surface area contributed by atoms with Crippen LogP contribution in [0.2, 0.25) is 0 Å². The van der Waals surface area contributed by atoms with Crippen LogP contribution >= 0.6 is 0 Å². The summed E-state index contributed by atoms with van der Waals surface area (Å²) in [6, 6.07) is 0. The molecule has 9 heavy (non-hydrogen) atoms. The standard InChI is InChI=1S/C7H10.Al.Na.4H/c1-7-5-3-2-4-6-7;;;;;;/h2-3,5H,4,6H2,1H3;;;;;;/q;;+1;;;;-1. The Morgan fingerprint density at radius 2 is 2.22 bits per heavy atom. The van der Waals surface area contributed by atoms with Crippen molar-refractivity contribution >= 4 is 17.4 Å². The third-order valence-corrected chi connectivity index (χ3v) is 1.22. The summed E-state index contributed by atoms with van der Waals surface area (Å²) in [6.07, 6.45) is 8.99. The first kappa shape index (κ1) is 12.7. The fraction of sp³-hybridized carbons (Fsp3) is 0.429. The molecule has 0 fully saturated rings. The summed E-state index contributed by atoms with van der Waals surface area (Å²) in [5.74, 6) is 0. The monoisotopic (exact) mass is 148 g/mol. The van der Waals surface area contributed by atoms with Crippen molar-refractivity contribution < 1.29 is 31.0 Å². The molecule has 0 unspecified atom stereocenters. The maximum atomic E-state index is 2.20. The minimum atomic E-state index is 0. The normalized spacial score (nSPS) is 15.0. The molecule has 0 saturated carbocycles. The van der Waals surface area contributed by atoms with Crippen molar-refractivity contribution in [1.82, 2.24) is 0 Å². The van der Waals surface area contributed by atoms with Gasteiger partial charge in [-0.05, 0) is 19.8 Å². The zero-order chi connectivity index (χ0) is 5.11. The third-order valence-electron chi connectivity index (χ3n) is 1.22. The van der Waals surface area contributed by atoms with Gasteiger partial charge in [0.2, 0.25) is 0 Å². The van der Waals surface area contributed by atoms with Crippen LogP contribution in [0, 0.1) is 0 Å². The zero-order valence-corrected chi connectivity index (χ0v) is 7.65. The molecule has 0 atom stereocenters. The van der Waals surface area contributed by atoms with Gasteiger partial charge in [-0.1, -0.05) is 23.8 Å². The van der Waals surface area contributed by atoms with Gasteiger partial charge in [-0.25, -0.2) is 0 Å². The number of hydrogen-bond acceptors (Lipinski definition) is 0. The van der Waals surface area contributed by atoms with Crippen LogP contribution in [0.3, 0.4) is 0 Å². The Morgan fingerprint density at radius 3 is 2.44 bits per heavy atom. The molecule has 0 N–H and O–H groups in total. The Bertz CT molecular complexity index is 121. The van der Waals surface area contributed by atoms with Crippen molar-refractivity contribution in [2.45, 2.75) is 19.8 Å². The van der Waals surface area contributed by atoms with Gasteiger partial charge >= 0.3 is 29.6 Å². The molecular weight excluding hydrogens is 134 g/mol. The van der Waals surface area contributed by atoms with Crippen LogP contribution in [-0.4, -0.2) is 17.4 Å². The maximum Gasteiger partial charge on any atom is 1.00 e. The minimum absolute atomic E-state index is 0. The average molecular weight is 148 g/mol. The molecule has 1 aliphatic rings. The van der Waals surface area contributed by atoms with Gasteiger partial charge in [-0.15, -0.1) is 0 Å². The van der Waals surface area contributed by atoms with Crippen molar-refractivity contribution in [2.24, 2.45) is 0 Å². The first-order chi connectivity index (χ1) is 3.39. The van der Waals surface area contributed by atoms with Crippen molar-refractivity contribution in [1.29, 1.82) is 0 Å². The van der Waals surface area contributed by atoms with Gasteiger partial charge in [0.15, 0.2) is 17.4 Å². The minimum Gasteiger partial charge on any atom is -1.00 e. The van der Waals surface area contributed by atoms with Crippen LogP contribution in [0.15, 0.2) is 23.8 Å². The summed E-state index contributed by atoms with van der Waals surface area (Å²) < 4.78 is 0. The summed E-state index contributed by atoms with van der Waals surface area (Å²) >= 11 is 0. The van der Waals surface area contributed by atoms with E-state index in [0.29, 0.717) is 0 Å². The molecule has 0 bridgehead atoms. The molecule has 46 valence electrons. The van der Waals surface area contributed by atoms with E-state index in [9.17, 15) is 0 Å². The molecular formula is C7H14AlNa. The largest absolute Gasteiger partial charge is 1.00 e. The fourth-order valence-electron chi connectivity index (χ4n) is 0.723. The summed E-state index contributed by atoms with van der Waals surface area (Å²) in [4.78, 5) is 0. The molecule has 0 spiro atoms. The average Bonchev–Trinajstić information content (AvgIpc) is 1.69. The quantitative estimate of drug-likeness (QED) is 0.356. The Balaban J connectivity index is -0.000000163. The Hall–Kier alpha value is 1.01. The SMILES string of the molecule is CC1=CC=CCC1.[AlH3].[H-].[Na+]. The predicted octanol–water partition coefficient (Wildman–Crippen LogP) is -1.78. The fourth-order valence-corrected chi connectivity index (χ4v) is 0.723. The molecule has 0 radical (unpaired) electrons. The van der Waals surface area contributed by atoms with Crippen LogP contribution < -0.4 is 29.6 Å². The summed E-state index contributed by atoms with van der Waals surface area (Å²) in [6.45, 7) is 2.17. The van der Waals surface area contributed by atoms with Crippen molar-refractivity contribution in [3.8, 4) is 0 Å². The molecule has 0 aromatic heterocycles. The van der Waals surface area contributed by atoms with E-state index in [1.54, 1.807) is 0 Å². The van der Waals surface area contributed by atoms with E-state index in [1.807, 2.05) is 0 Å². The van der Waals surface area contributed by atoms with Crippen molar-refractivity contribution in [3.63, 3.8) is 0 Å². The first-order valence-corrected chi connectivity index (χ1v) is 2.72. The van der Waals surface area contributed by atoms with Crippen LogP contribution in [0.5, 0.6) is 0 Å². The zero-order valence-electron chi connectivity index (χ0n) is 6.65. The van der Waals surface area contributed by atoms with Crippen molar-refractivity contribution in [3.05, 3.63) is 23.8 Å². The maximum absolute atomic E-state index is 2.20. The summed E-state index contributed by atoms with van der Waals surface area (Å²) in [5, 5.41) is 0. The van der Waals surface area contributed by atoms with Crippen LogP contribution in [0.25, 0.3) is 0 Å². The topological polar surface area (TPSA) is 0 Å². The molecule has 0 aromatic carbocycles. The van der Waals surface area contributed by atoms with Gasteiger partial charge in [-0.2, -0.15) is 0 Å². The second-order valence-corrected chi connectivity index (χ2v) is 1.98. The smallest absolute Gasteiger partial charge is 1.00 e. The van der Waals surface area contributed by atoms with E-state index in [2.05, 4.69) is 25.2 Å². The summed E-state index contributed by atoms with van der Waals surface area (Å²) in [7, 11) is 0. The molecule has 1 aliphatic carbocycles. The Morgan fingerprint density at radius 1 is 1.56 bits per heavy atom. The molecule has 0 saturated heterocycles. The van der Waals surface area contributed by atoms with Crippen LogP contribution in [0.1, 0.15) is 21.2 Å². The van der Waals surface area contributed by atoms with E-state index in [-0.39, 0.29) is 48.3 Å². The van der Waals surface area contributed by atoms with E-state index in [0.717, 1.165) is 0 Å². The van der Waals surface area contributed by atoms with Gasteiger partial charge in [0, 0.05) is 0 Å². The predicted molar refractivity (Wildman–Crippen MR) is 43.2 cm³/mol. The Kier molecular flexibility index (Phi) is 10.0. The van der Waals surface area contributed by atoms with Gasteiger partial charge in [0.05, 0.1) is 0 Å². The number of hydrogen-bond donors (Lipinski definition) is 0. The van der Waals surface area contributed by atoms with Crippen LogP contribution in [-0.2, 0) is 0 Å². The van der Waals surface area contributed by atoms with E-state index < -0.39 is 0 Å². The van der Waals surface area contributed by atoms with Crippen LogP contribution in [0.4, 0.5) is 0 Å².